The van der Waals surface area contributed by atoms with E-state index in [0.717, 1.165) is 24.5 Å². The molecule has 12 heavy (non-hydrogen) atoms. The molecule has 1 rings (SSSR count). The van der Waals surface area contributed by atoms with E-state index in [-0.39, 0.29) is 0 Å². The Balaban J connectivity index is 2.16. The molecule has 0 amide bonds. The molecule has 1 aromatic heterocycles. The van der Waals surface area contributed by atoms with Crippen LogP contribution in [0.4, 0.5) is 0 Å². The number of nitrogens with one attached hydrogen (secondary N) is 1. The van der Waals surface area contributed by atoms with Gasteiger partial charge in [-0.15, -0.1) is 0 Å². The fourth-order valence-electron chi connectivity index (χ4n) is 0.707. The molecule has 0 fully saturated rings. The Bertz CT molecular complexity index is 203. The highest BCUT2D eigenvalue weighted by Crippen LogP contribution is 2.08. The summed E-state index contributed by atoms with van der Waals surface area (Å²) < 4.78 is 3.18. The van der Waals surface area contributed by atoms with E-state index in [0.29, 0.717) is 0 Å². The van der Waals surface area contributed by atoms with Crippen molar-refractivity contribution in [2.24, 2.45) is 5.73 Å². The summed E-state index contributed by atoms with van der Waals surface area (Å²) >= 11 is 1.54. The maximum absolute atomic E-state index is 5.34. The van der Waals surface area contributed by atoms with Crippen LogP contribution in [0.15, 0.2) is 29.4 Å². The van der Waals surface area contributed by atoms with E-state index in [4.69, 9.17) is 5.73 Å². The van der Waals surface area contributed by atoms with Crippen LogP contribution in [0.2, 0.25) is 0 Å². The van der Waals surface area contributed by atoms with Crippen molar-refractivity contribution in [1.29, 1.82) is 0 Å². The number of hydrogen-bond acceptors (Lipinski definition) is 4. The van der Waals surface area contributed by atoms with Crippen LogP contribution in [-0.4, -0.2) is 18.1 Å². The molecule has 0 bridgehead atoms. The summed E-state index contributed by atoms with van der Waals surface area (Å²) in [4.78, 5) is 4.15. The summed E-state index contributed by atoms with van der Waals surface area (Å²) in [5.41, 5.74) is 5.34. The first-order valence-electron chi connectivity index (χ1n) is 3.94. The second kappa shape index (κ2) is 5.99. The summed E-state index contributed by atoms with van der Waals surface area (Å²) in [6.45, 7) is 1.66. The van der Waals surface area contributed by atoms with Gasteiger partial charge in [0.15, 0.2) is 0 Å². The minimum Gasteiger partial charge on any atom is -0.330 e. The molecule has 0 saturated heterocycles. The SMILES string of the molecule is NCCCNSc1ccccn1. The van der Waals surface area contributed by atoms with Gasteiger partial charge in [-0.1, -0.05) is 6.07 Å². The minimum absolute atomic E-state index is 0.732. The molecule has 0 aliphatic carbocycles. The van der Waals surface area contributed by atoms with Gasteiger partial charge in [-0.2, -0.15) is 0 Å². The number of nitrogens with zero attached hydrogens (tertiary/aromatic N) is 1. The lowest BCUT2D eigenvalue weighted by Gasteiger charge is -2.00. The Morgan fingerprint density at radius 2 is 2.42 bits per heavy atom. The second-order valence-electron chi connectivity index (χ2n) is 2.31. The Labute approximate surface area is 76.9 Å². The van der Waals surface area contributed by atoms with Gasteiger partial charge in [0, 0.05) is 12.7 Å². The van der Waals surface area contributed by atoms with E-state index in [1.165, 1.54) is 0 Å². The van der Waals surface area contributed by atoms with Crippen molar-refractivity contribution >= 4 is 11.9 Å². The fourth-order valence-corrected chi connectivity index (χ4v) is 1.36. The summed E-state index contributed by atoms with van der Waals surface area (Å²) in [5.74, 6) is 0. The minimum atomic E-state index is 0.732. The van der Waals surface area contributed by atoms with E-state index in [9.17, 15) is 0 Å². The van der Waals surface area contributed by atoms with E-state index >= 15 is 0 Å². The second-order valence-corrected chi connectivity index (χ2v) is 3.22. The summed E-state index contributed by atoms with van der Waals surface area (Å²) in [6.07, 6.45) is 2.78. The van der Waals surface area contributed by atoms with Crippen molar-refractivity contribution in [2.45, 2.75) is 11.4 Å². The number of rotatable bonds is 5. The highest BCUT2D eigenvalue weighted by Gasteiger charge is 1.91. The highest BCUT2D eigenvalue weighted by molar-refractivity contribution is 7.97. The van der Waals surface area contributed by atoms with Gasteiger partial charge in [0.1, 0.15) is 5.03 Å². The fraction of sp³-hybridized carbons (Fsp3) is 0.375. The van der Waals surface area contributed by atoms with Crippen molar-refractivity contribution < 1.29 is 0 Å². The number of pyridine rings is 1. The van der Waals surface area contributed by atoms with Gasteiger partial charge < -0.3 is 5.73 Å². The van der Waals surface area contributed by atoms with Gasteiger partial charge in [0.2, 0.25) is 0 Å². The monoisotopic (exact) mass is 183 g/mol. The molecule has 0 atom stereocenters. The van der Waals surface area contributed by atoms with Gasteiger partial charge >= 0.3 is 0 Å². The highest BCUT2D eigenvalue weighted by atomic mass is 32.2. The van der Waals surface area contributed by atoms with Gasteiger partial charge in [-0.25, -0.2) is 4.98 Å². The molecule has 0 aliphatic heterocycles. The molecule has 0 spiro atoms. The first-order valence-corrected chi connectivity index (χ1v) is 4.76. The molecule has 3 N–H and O–H groups in total. The predicted molar refractivity (Wildman–Crippen MR) is 51.8 cm³/mol. The van der Waals surface area contributed by atoms with Crippen molar-refractivity contribution in [3.8, 4) is 0 Å². The van der Waals surface area contributed by atoms with Crippen molar-refractivity contribution in [3.63, 3.8) is 0 Å². The largest absolute Gasteiger partial charge is 0.330 e. The maximum Gasteiger partial charge on any atom is 0.111 e. The van der Waals surface area contributed by atoms with Gasteiger partial charge in [0.05, 0.1) is 0 Å². The van der Waals surface area contributed by atoms with Crippen LogP contribution < -0.4 is 10.5 Å². The third-order valence-electron chi connectivity index (χ3n) is 1.30. The number of hydrogen-bond donors (Lipinski definition) is 2. The smallest absolute Gasteiger partial charge is 0.111 e. The molecule has 0 unspecified atom stereocenters. The average Bonchev–Trinajstić information content (AvgIpc) is 2.14. The summed E-state index contributed by atoms with van der Waals surface area (Å²) in [5, 5.41) is 0.995. The quantitative estimate of drug-likeness (QED) is 0.529. The number of aromatic nitrogens is 1. The molecule has 1 aromatic rings. The first-order chi connectivity index (χ1) is 5.93. The van der Waals surface area contributed by atoms with Crippen LogP contribution in [0, 0.1) is 0 Å². The molecule has 1 heterocycles. The molecule has 0 aromatic carbocycles. The number of nitrogens with two attached hydrogens (primary N) is 1. The van der Waals surface area contributed by atoms with E-state index < -0.39 is 0 Å². The predicted octanol–water partition coefficient (Wildman–Crippen LogP) is 1.03. The molecule has 0 aliphatic rings. The van der Waals surface area contributed by atoms with E-state index in [1.54, 1.807) is 18.1 Å². The Hall–Kier alpha value is -0.580. The zero-order valence-electron chi connectivity index (χ0n) is 6.86. The molecular weight excluding hydrogens is 170 g/mol. The lowest BCUT2D eigenvalue weighted by Crippen LogP contribution is -2.11. The maximum atomic E-state index is 5.34. The Morgan fingerprint density at radius 1 is 1.50 bits per heavy atom. The van der Waals surface area contributed by atoms with Crippen LogP contribution in [0.25, 0.3) is 0 Å². The first kappa shape index (κ1) is 9.51. The van der Waals surface area contributed by atoms with Crippen molar-refractivity contribution in [1.82, 2.24) is 9.71 Å². The van der Waals surface area contributed by atoms with Crippen LogP contribution >= 0.6 is 11.9 Å². The van der Waals surface area contributed by atoms with Crippen LogP contribution in [-0.2, 0) is 0 Å². The molecule has 0 saturated carbocycles. The van der Waals surface area contributed by atoms with Crippen LogP contribution in [0.3, 0.4) is 0 Å². The summed E-state index contributed by atoms with van der Waals surface area (Å²) in [7, 11) is 0. The van der Waals surface area contributed by atoms with E-state index in [2.05, 4.69) is 9.71 Å². The van der Waals surface area contributed by atoms with Crippen LogP contribution in [0.5, 0.6) is 0 Å². The Morgan fingerprint density at radius 3 is 3.08 bits per heavy atom. The van der Waals surface area contributed by atoms with Crippen molar-refractivity contribution in [3.05, 3.63) is 24.4 Å². The summed E-state index contributed by atoms with van der Waals surface area (Å²) in [6, 6.07) is 5.85. The standard InChI is InChI=1S/C8H13N3S/c9-5-3-7-11-12-8-4-1-2-6-10-8/h1-2,4,6,11H,3,5,7,9H2. The van der Waals surface area contributed by atoms with Crippen molar-refractivity contribution in [2.75, 3.05) is 13.1 Å². The molecule has 66 valence electrons. The normalized spacial score (nSPS) is 10.1. The van der Waals surface area contributed by atoms with Crippen LogP contribution in [0.1, 0.15) is 6.42 Å². The third-order valence-corrected chi connectivity index (χ3v) is 2.10. The molecular formula is C8H13N3S. The Kier molecular flexibility index (Phi) is 4.75. The van der Waals surface area contributed by atoms with E-state index in [1.807, 2.05) is 18.2 Å². The topological polar surface area (TPSA) is 50.9 Å². The zero-order chi connectivity index (χ0) is 8.65. The molecule has 4 heteroatoms. The third kappa shape index (κ3) is 3.71. The lowest BCUT2D eigenvalue weighted by molar-refractivity contribution is 0.807. The van der Waals surface area contributed by atoms with Gasteiger partial charge in [-0.3, -0.25) is 4.72 Å². The van der Waals surface area contributed by atoms with Gasteiger partial charge in [-0.05, 0) is 37.0 Å². The zero-order valence-corrected chi connectivity index (χ0v) is 7.68. The lowest BCUT2D eigenvalue weighted by atomic mass is 10.4. The molecule has 3 nitrogen and oxygen atoms in total. The molecule has 0 radical (unpaired) electrons. The van der Waals surface area contributed by atoms with Gasteiger partial charge in [0.25, 0.3) is 0 Å². The average molecular weight is 183 g/mol.